The van der Waals surface area contributed by atoms with Crippen LogP contribution in [0.1, 0.15) is 29.1 Å². The molecule has 1 aliphatic rings. The minimum absolute atomic E-state index is 0.0297. The Morgan fingerprint density at radius 2 is 1.79 bits per heavy atom. The Bertz CT molecular complexity index is 954. The Labute approximate surface area is 167 Å². The first-order valence-electron chi connectivity index (χ1n) is 9.59. The smallest absolute Gasteiger partial charge is 0.320 e. The fourth-order valence-electron chi connectivity index (χ4n) is 3.37. The third-order valence-electron chi connectivity index (χ3n) is 4.91. The zero-order valence-electron chi connectivity index (χ0n) is 15.8. The van der Waals surface area contributed by atoms with Gasteiger partial charge in [-0.2, -0.15) is 0 Å². The van der Waals surface area contributed by atoms with Gasteiger partial charge < -0.3 is 15.1 Å². The van der Waals surface area contributed by atoms with E-state index in [1.807, 2.05) is 18.2 Å². The van der Waals surface area contributed by atoms with Gasteiger partial charge in [0.05, 0.1) is 5.69 Å². The van der Waals surface area contributed by atoms with Crippen molar-refractivity contribution >= 4 is 17.6 Å². The molecule has 2 N–H and O–H groups in total. The van der Waals surface area contributed by atoms with E-state index < -0.39 is 11.7 Å². The molecule has 1 amide bonds. The number of hydrogen-bond acceptors (Lipinski definition) is 6. The van der Waals surface area contributed by atoms with Gasteiger partial charge in [0.25, 0.3) is 0 Å². The number of aromatic nitrogens is 2. The predicted molar refractivity (Wildman–Crippen MR) is 106 cm³/mol. The van der Waals surface area contributed by atoms with Crippen molar-refractivity contribution in [1.29, 1.82) is 0 Å². The van der Waals surface area contributed by atoms with Crippen LogP contribution < -0.4 is 10.6 Å². The van der Waals surface area contributed by atoms with Gasteiger partial charge in [-0.25, -0.2) is 4.39 Å². The number of para-hydroxylation sites is 1. The van der Waals surface area contributed by atoms with Gasteiger partial charge in [-0.05, 0) is 30.5 Å². The van der Waals surface area contributed by atoms with Crippen LogP contribution in [-0.2, 0) is 6.54 Å². The normalized spacial score (nSPS) is 15.2. The predicted octanol–water partition coefficient (Wildman–Crippen LogP) is 3.35. The lowest BCUT2D eigenvalue weighted by molar-refractivity contribution is 0.0875. The van der Waals surface area contributed by atoms with E-state index in [2.05, 4.69) is 37.9 Å². The summed E-state index contributed by atoms with van der Waals surface area (Å²) in [7, 11) is 0. The van der Waals surface area contributed by atoms with E-state index >= 15 is 0 Å². The van der Waals surface area contributed by atoms with E-state index in [4.69, 9.17) is 4.42 Å². The molecule has 1 fully saturated rings. The molecule has 0 unspecified atom stereocenters. The topological polar surface area (TPSA) is 83.3 Å². The van der Waals surface area contributed by atoms with Gasteiger partial charge in [0.15, 0.2) is 0 Å². The zero-order valence-corrected chi connectivity index (χ0v) is 15.8. The summed E-state index contributed by atoms with van der Waals surface area (Å²) >= 11 is 0. The number of likely N-dealkylation sites (tertiary alicyclic amines) is 1. The largest absolute Gasteiger partial charge is 0.399 e. The first-order chi connectivity index (χ1) is 14.2. The van der Waals surface area contributed by atoms with Crippen LogP contribution in [0.3, 0.4) is 0 Å². The number of anilines is 2. The highest BCUT2D eigenvalue weighted by Crippen LogP contribution is 2.19. The molecule has 3 aromatic rings. The summed E-state index contributed by atoms with van der Waals surface area (Å²) < 4.78 is 19.0. The molecular formula is C21H22FN5O2. The fraction of sp³-hybridized carbons (Fsp3) is 0.286. The Kier molecular flexibility index (Phi) is 5.81. The Morgan fingerprint density at radius 1 is 1.07 bits per heavy atom. The molecule has 4 rings (SSSR count). The second-order valence-electron chi connectivity index (χ2n) is 7.03. The van der Waals surface area contributed by atoms with Crippen LogP contribution in [-0.4, -0.2) is 40.1 Å². The molecule has 2 aromatic carbocycles. The van der Waals surface area contributed by atoms with Crippen LogP contribution >= 0.6 is 0 Å². The second kappa shape index (κ2) is 8.83. The van der Waals surface area contributed by atoms with Crippen molar-refractivity contribution in [3.05, 3.63) is 71.9 Å². The van der Waals surface area contributed by atoms with E-state index in [-0.39, 0.29) is 23.6 Å². The minimum Gasteiger partial charge on any atom is -0.399 e. The van der Waals surface area contributed by atoms with Crippen molar-refractivity contribution in [2.45, 2.75) is 25.4 Å². The maximum absolute atomic E-state index is 13.7. The van der Waals surface area contributed by atoms with Gasteiger partial charge in [-0.3, -0.25) is 9.69 Å². The standard InChI is InChI=1S/C21H22FN5O2/c22-17-8-4-5-9-18(17)24-21-26-25-20(29-21)19(28)23-16-10-12-27(13-11-16)14-15-6-2-1-3-7-15/h1-9,16H,10-14H2,(H,23,28)(H,24,26). The number of piperidine rings is 1. The number of rotatable bonds is 6. The number of carbonyl (C=O) groups excluding carboxylic acids is 1. The second-order valence-corrected chi connectivity index (χ2v) is 7.03. The van der Waals surface area contributed by atoms with E-state index in [1.165, 1.54) is 11.6 Å². The van der Waals surface area contributed by atoms with Crippen LogP contribution in [0, 0.1) is 5.82 Å². The van der Waals surface area contributed by atoms with E-state index in [0.717, 1.165) is 32.5 Å². The van der Waals surface area contributed by atoms with Crippen LogP contribution in [0.2, 0.25) is 0 Å². The quantitative estimate of drug-likeness (QED) is 0.666. The SMILES string of the molecule is O=C(NC1CCN(Cc2ccccc2)CC1)c1nnc(Nc2ccccc2F)o1. The first-order valence-corrected chi connectivity index (χ1v) is 9.59. The van der Waals surface area contributed by atoms with Crippen molar-refractivity contribution in [3.8, 4) is 0 Å². The number of halogens is 1. The molecule has 2 heterocycles. The van der Waals surface area contributed by atoms with Gasteiger partial charge in [0.1, 0.15) is 5.82 Å². The van der Waals surface area contributed by atoms with Crippen LogP contribution in [0.5, 0.6) is 0 Å². The highest BCUT2D eigenvalue weighted by atomic mass is 19.1. The van der Waals surface area contributed by atoms with Crippen molar-refractivity contribution in [1.82, 2.24) is 20.4 Å². The summed E-state index contributed by atoms with van der Waals surface area (Å²) in [5, 5.41) is 13.1. The van der Waals surface area contributed by atoms with Gasteiger partial charge in [0, 0.05) is 25.7 Å². The van der Waals surface area contributed by atoms with Crippen molar-refractivity contribution in [2.24, 2.45) is 0 Å². The van der Waals surface area contributed by atoms with E-state index in [1.54, 1.807) is 18.2 Å². The molecule has 8 heteroatoms. The molecule has 1 saturated heterocycles. The van der Waals surface area contributed by atoms with Gasteiger partial charge in [-0.15, -0.1) is 5.10 Å². The lowest BCUT2D eigenvalue weighted by Crippen LogP contribution is -2.44. The highest BCUT2D eigenvalue weighted by Gasteiger charge is 2.23. The molecular weight excluding hydrogens is 373 g/mol. The molecule has 0 bridgehead atoms. The Hall–Kier alpha value is -3.26. The molecule has 0 aliphatic carbocycles. The summed E-state index contributed by atoms with van der Waals surface area (Å²) in [6, 6.07) is 16.5. The summed E-state index contributed by atoms with van der Waals surface area (Å²) in [4.78, 5) is 14.8. The van der Waals surface area contributed by atoms with Gasteiger partial charge in [0.2, 0.25) is 0 Å². The van der Waals surface area contributed by atoms with Crippen LogP contribution in [0.4, 0.5) is 16.1 Å². The molecule has 1 aliphatic heterocycles. The monoisotopic (exact) mass is 395 g/mol. The van der Waals surface area contributed by atoms with E-state index in [9.17, 15) is 9.18 Å². The maximum Gasteiger partial charge on any atom is 0.320 e. The zero-order chi connectivity index (χ0) is 20.1. The number of benzene rings is 2. The number of amides is 1. The minimum atomic E-state index is -0.445. The molecule has 7 nitrogen and oxygen atoms in total. The Morgan fingerprint density at radius 3 is 2.55 bits per heavy atom. The number of nitrogens with zero attached hydrogens (tertiary/aromatic N) is 3. The summed E-state index contributed by atoms with van der Waals surface area (Å²) in [5.74, 6) is -1.00. The molecule has 150 valence electrons. The summed E-state index contributed by atoms with van der Waals surface area (Å²) in [6.07, 6.45) is 1.71. The molecule has 0 atom stereocenters. The molecule has 0 radical (unpaired) electrons. The lowest BCUT2D eigenvalue weighted by atomic mass is 10.0. The molecule has 29 heavy (non-hydrogen) atoms. The Balaban J connectivity index is 1.27. The van der Waals surface area contributed by atoms with Crippen molar-refractivity contribution in [2.75, 3.05) is 18.4 Å². The maximum atomic E-state index is 13.7. The summed E-state index contributed by atoms with van der Waals surface area (Å²) in [6.45, 7) is 2.73. The molecule has 0 spiro atoms. The third-order valence-corrected chi connectivity index (χ3v) is 4.91. The lowest BCUT2D eigenvalue weighted by Gasteiger charge is -2.32. The van der Waals surface area contributed by atoms with E-state index in [0.29, 0.717) is 0 Å². The number of hydrogen-bond donors (Lipinski definition) is 2. The average Bonchev–Trinajstić information content (AvgIpc) is 3.21. The molecule has 0 saturated carbocycles. The fourth-order valence-corrected chi connectivity index (χ4v) is 3.37. The average molecular weight is 395 g/mol. The van der Waals surface area contributed by atoms with Crippen LogP contribution in [0.15, 0.2) is 59.0 Å². The highest BCUT2D eigenvalue weighted by molar-refractivity contribution is 5.89. The van der Waals surface area contributed by atoms with Crippen molar-refractivity contribution < 1.29 is 13.6 Å². The number of carbonyl (C=O) groups is 1. The van der Waals surface area contributed by atoms with Gasteiger partial charge >= 0.3 is 17.8 Å². The van der Waals surface area contributed by atoms with Crippen LogP contribution in [0.25, 0.3) is 0 Å². The van der Waals surface area contributed by atoms with Gasteiger partial charge in [-0.1, -0.05) is 47.6 Å². The third kappa shape index (κ3) is 4.97. The molecule has 1 aromatic heterocycles. The number of nitrogens with one attached hydrogen (secondary N) is 2. The first kappa shape index (κ1) is 19.1. The summed E-state index contributed by atoms with van der Waals surface area (Å²) in [5.41, 5.74) is 1.49. The van der Waals surface area contributed by atoms with Crippen molar-refractivity contribution in [3.63, 3.8) is 0 Å².